The van der Waals surface area contributed by atoms with Gasteiger partial charge in [0.15, 0.2) is 0 Å². The van der Waals surface area contributed by atoms with Crippen LogP contribution in [-0.2, 0) is 6.54 Å². The van der Waals surface area contributed by atoms with Gasteiger partial charge < -0.3 is 11.1 Å². The molecule has 0 aliphatic rings. The monoisotopic (exact) mass is 278 g/mol. The molecule has 2 aromatic rings. The average molecular weight is 278 g/mol. The van der Waals surface area contributed by atoms with Gasteiger partial charge in [0.2, 0.25) is 0 Å². The molecule has 0 saturated carbocycles. The molecule has 0 fully saturated rings. The van der Waals surface area contributed by atoms with E-state index in [0.717, 1.165) is 10.9 Å². The summed E-state index contributed by atoms with van der Waals surface area (Å²) in [6.07, 6.45) is 0. The molecule has 1 aromatic heterocycles. The van der Waals surface area contributed by atoms with Crippen LogP contribution < -0.4 is 11.1 Å². The van der Waals surface area contributed by atoms with E-state index in [2.05, 4.69) is 5.32 Å². The van der Waals surface area contributed by atoms with E-state index in [1.165, 1.54) is 22.6 Å². The zero-order valence-corrected chi connectivity index (χ0v) is 11.6. The molecule has 3 nitrogen and oxygen atoms in total. The molecule has 0 atom stereocenters. The Morgan fingerprint density at radius 2 is 2.11 bits per heavy atom. The zero-order valence-electron chi connectivity index (χ0n) is 10.8. The van der Waals surface area contributed by atoms with Gasteiger partial charge in [0.1, 0.15) is 5.82 Å². The highest BCUT2D eigenvalue weighted by molar-refractivity contribution is 7.12. The van der Waals surface area contributed by atoms with Gasteiger partial charge in [0.05, 0.1) is 12.1 Å². The summed E-state index contributed by atoms with van der Waals surface area (Å²) in [5.41, 5.74) is 6.96. The molecule has 0 aliphatic heterocycles. The molecule has 5 heteroatoms. The third-order valence-electron chi connectivity index (χ3n) is 2.88. The number of carbonyl (C=O) groups excluding carboxylic acids is 1. The highest BCUT2D eigenvalue weighted by Crippen LogP contribution is 2.20. The minimum atomic E-state index is -0.601. The normalized spacial score (nSPS) is 10.5. The van der Waals surface area contributed by atoms with E-state index in [9.17, 15) is 9.18 Å². The van der Waals surface area contributed by atoms with Crippen LogP contribution in [0.4, 0.5) is 10.1 Å². The Balaban J connectivity index is 2.05. The van der Waals surface area contributed by atoms with Crippen molar-refractivity contribution < 1.29 is 9.18 Å². The first-order chi connectivity index (χ1) is 8.97. The standard InChI is InChI=1S/C14H15FN2OS/c1-8-5-11(19-9(8)2)7-17-14(18)12-4-3-10(16)6-13(12)15/h3-6H,7,16H2,1-2H3,(H,17,18). The van der Waals surface area contributed by atoms with Crippen LogP contribution in [0, 0.1) is 19.7 Å². The summed E-state index contributed by atoms with van der Waals surface area (Å²) >= 11 is 1.63. The van der Waals surface area contributed by atoms with Crippen LogP contribution in [0.1, 0.15) is 25.7 Å². The maximum atomic E-state index is 13.6. The molecule has 1 amide bonds. The lowest BCUT2D eigenvalue weighted by molar-refractivity contribution is 0.0947. The Morgan fingerprint density at radius 3 is 2.68 bits per heavy atom. The summed E-state index contributed by atoms with van der Waals surface area (Å²) in [6.45, 7) is 4.46. The quantitative estimate of drug-likeness (QED) is 0.848. The second-order valence-electron chi connectivity index (χ2n) is 4.37. The highest BCUT2D eigenvalue weighted by atomic mass is 32.1. The lowest BCUT2D eigenvalue weighted by atomic mass is 10.2. The Kier molecular flexibility index (Phi) is 3.85. The molecule has 0 spiro atoms. The molecule has 100 valence electrons. The number of nitrogens with one attached hydrogen (secondary N) is 1. The van der Waals surface area contributed by atoms with Crippen molar-refractivity contribution in [3.8, 4) is 0 Å². The second kappa shape index (κ2) is 5.40. The molecule has 0 unspecified atom stereocenters. The molecule has 2 rings (SSSR count). The molecule has 1 aromatic carbocycles. The Hall–Kier alpha value is -1.88. The number of benzene rings is 1. The minimum absolute atomic E-state index is 0.0131. The smallest absolute Gasteiger partial charge is 0.254 e. The van der Waals surface area contributed by atoms with Crippen molar-refractivity contribution in [2.75, 3.05) is 5.73 Å². The number of hydrogen-bond acceptors (Lipinski definition) is 3. The van der Waals surface area contributed by atoms with Crippen LogP contribution in [0.2, 0.25) is 0 Å². The number of rotatable bonds is 3. The fourth-order valence-electron chi connectivity index (χ4n) is 1.71. The second-order valence-corrected chi connectivity index (χ2v) is 5.71. The zero-order chi connectivity index (χ0) is 14.0. The number of halogens is 1. The number of nitrogens with two attached hydrogens (primary N) is 1. The van der Waals surface area contributed by atoms with Gasteiger partial charge in [-0.25, -0.2) is 4.39 Å². The average Bonchev–Trinajstić information content (AvgIpc) is 2.66. The third kappa shape index (κ3) is 3.12. The van der Waals surface area contributed by atoms with Crippen molar-refractivity contribution in [1.29, 1.82) is 0 Å². The summed E-state index contributed by atoms with van der Waals surface area (Å²) in [7, 11) is 0. The van der Waals surface area contributed by atoms with Crippen molar-refractivity contribution in [2.24, 2.45) is 0 Å². The molecule has 0 radical (unpaired) electrons. The van der Waals surface area contributed by atoms with E-state index in [0.29, 0.717) is 12.2 Å². The van der Waals surface area contributed by atoms with E-state index in [1.807, 2.05) is 19.9 Å². The maximum Gasteiger partial charge on any atom is 0.254 e. The summed E-state index contributed by atoms with van der Waals surface area (Å²) in [5.74, 6) is -1.03. The number of carbonyl (C=O) groups is 1. The molecule has 19 heavy (non-hydrogen) atoms. The molecular weight excluding hydrogens is 263 g/mol. The minimum Gasteiger partial charge on any atom is -0.399 e. The first kappa shape index (κ1) is 13.5. The predicted octanol–water partition coefficient (Wildman–Crippen LogP) is 3.02. The Labute approximate surface area is 115 Å². The first-order valence-corrected chi connectivity index (χ1v) is 6.68. The predicted molar refractivity (Wildman–Crippen MR) is 75.8 cm³/mol. The largest absolute Gasteiger partial charge is 0.399 e. The summed E-state index contributed by atoms with van der Waals surface area (Å²) in [5, 5.41) is 2.71. The summed E-state index contributed by atoms with van der Waals surface area (Å²) < 4.78 is 13.6. The van der Waals surface area contributed by atoms with Gasteiger partial charge in [-0.1, -0.05) is 0 Å². The topological polar surface area (TPSA) is 55.1 Å². The van der Waals surface area contributed by atoms with Crippen LogP contribution in [0.5, 0.6) is 0 Å². The number of anilines is 1. The fraction of sp³-hybridized carbons (Fsp3) is 0.214. The van der Waals surface area contributed by atoms with Gasteiger partial charge in [-0.05, 0) is 43.7 Å². The van der Waals surface area contributed by atoms with Crippen LogP contribution in [0.15, 0.2) is 24.3 Å². The van der Waals surface area contributed by atoms with Crippen molar-refractivity contribution in [1.82, 2.24) is 5.32 Å². The number of nitrogen functional groups attached to an aromatic ring is 1. The molecule has 3 N–H and O–H groups in total. The highest BCUT2D eigenvalue weighted by Gasteiger charge is 2.12. The van der Waals surface area contributed by atoms with E-state index in [1.54, 1.807) is 11.3 Å². The molecule has 0 bridgehead atoms. The van der Waals surface area contributed by atoms with Crippen LogP contribution >= 0.6 is 11.3 Å². The van der Waals surface area contributed by atoms with Gasteiger partial charge in [-0.15, -0.1) is 11.3 Å². The number of aryl methyl sites for hydroxylation is 2. The SMILES string of the molecule is Cc1cc(CNC(=O)c2ccc(N)cc2F)sc1C. The van der Waals surface area contributed by atoms with Crippen LogP contribution in [-0.4, -0.2) is 5.91 Å². The molecular formula is C14H15FN2OS. The summed E-state index contributed by atoms with van der Waals surface area (Å²) in [6, 6.07) is 6.08. The maximum absolute atomic E-state index is 13.6. The van der Waals surface area contributed by atoms with Gasteiger partial charge in [0, 0.05) is 15.4 Å². The van der Waals surface area contributed by atoms with E-state index < -0.39 is 11.7 Å². The Morgan fingerprint density at radius 1 is 1.37 bits per heavy atom. The van der Waals surface area contributed by atoms with Crippen molar-refractivity contribution in [3.05, 3.63) is 51.0 Å². The van der Waals surface area contributed by atoms with Crippen LogP contribution in [0.25, 0.3) is 0 Å². The number of thiophene rings is 1. The van der Waals surface area contributed by atoms with E-state index >= 15 is 0 Å². The number of hydrogen-bond donors (Lipinski definition) is 2. The van der Waals surface area contributed by atoms with Crippen LogP contribution in [0.3, 0.4) is 0 Å². The lowest BCUT2D eigenvalue weighted by Crippen LogP contribution is -2.23. The van der Waals surface area contributed by atoms with Gasteiger partial charge in [-0.3, -0.25) is 4.79 Å². The Bertz CT molecular complexity index is 602. The fourth-order valence-corrected chi connectivity index (χ4v) is 2.71. The van der Waals surface area contributed by atoms with E-state index in [-0.39, 0.29) is 5.56 Å². The first-order valence-electron chi connectivity index (χ1n) is 5.86. The van der Waals surface area contributed by atoms with Gasteiger partial charge in [0.25, 0.3) is 5.91 Å². The van der Waals surface area contributed by atoms with Crippen molar-refractivity contribution in [3.63, 3.8) is 0 Å². The number of amides is 1. The molecule has 1 heterocycles. The molecule has 0 aliphatic carbocycles. The summed E-state index contributed by atoms with van der Waals surface area (Å²) in [4.78, 5) is 14.1. The van der Waals surface area contributed by atoms with Gasteiger partial charge >= 0.3 is 0 Å². The third-order valence-corrected chi connectivity index (χ3v) is 4.03. The van der Waals surface area contributed by atoms with Gasteiger partial charge in [-0.2, -0.15) is 0 Å². The molecule has 0 saturated heterocycles. The lowest BCUT2D eigenvalue weighted by Gasteiger charge is -2.05. The van der Waals surface area contributed by atoms with Crippen molar-refractivity contribution >= 4 is 22.9 Å². The van der Waals surface area contributed by atoms with E-state index in [4.69, 9.17) is 5.73 Å². The van der Waals surface area contributed by atoms with Crippen molar-refractivity contribution in [2.45, 2.75) is 20.4 Å².